The lowest BCUT2D eigenvalue weighted by atomic mass is 9.93. The third kappa shape index (κ3) is 2.98. The zero-order valence-corrected chi connectivity index (χ0v) is 11.3. The molecule has 0 aromatic heterocycles. The lowest BCUT2D eigenvalue weighted by molar-refractivity contribution is 0.231. The Balaban J connectivity index is 1.81. The fraction of sp³-hybridized carbons (Fsp3) is 1.00. The van der Waals surface area contributed by atoms with Crippen molar-refractivity contribution in [1.29, 1.82) is 0 Å². The molecule has 2 unspecified atom stereocenters. The van der Waals surface area contributed by atoms with Crippen molar-refractivity contribution in [2.45, 2.75) is 52.5 Å². The minimum atomic E-state index is 0.562. The molecule has 94 valence electrons. The van der Waals surface area contributed by atoms with Crippen LogP contribution in [0.15, 0.2) is 0 Å². The van der Waals surface area contributed by atoms with Crippen molar-refractivity contribution in [2.75, 3.05) is 26.2 Å². The summed E-state index contributed by atoms with van der Waals surface area (Å²) < 4.78 is 0. The maximum Gasteiger partial charge on any atom is 0.0107 e. The van der Waals surface area contributed by atoms with E-state index < -0.39 is 0 Å². The molecule has 0 bridgehead atoms. The van der Waals surface area contributed by atoms with E-state index >= 15 is 0 Å². The summed E-state index contributed by atoms with van der Waals surface area (Å²) in [6, 6.07) is 0.800. The van der Waals surface area contributed by atoms with E-state index in [2.05, 4.69) is 31.0 Å². The average Bonchev–Trinajstić information content (AvgIpc) is 2.76. The molecule has 2 heteroatoms. The maximum absolute atomic E-state index is 3.66. The Kier molecular flexibility index (Phi) is 3.91. The molecule has 0 spiro atoms. The van der Waals surface area contributed by atoms with Gasteiger partial charge in [0.05, 0.1) is 0 Å². The van der Waals surface area contributed by atoms with Gasteiger partial charge in [-0.15, -0.1) is 0 Å². The summed E-state index contributed by atoms with van der Waals surface area (Å²) in [5, 5.41) is 3.66. The third-order valence-corrected chi connectivity index (χ3v) is 4.37. The van der Waals surface area contributed by atoms with Crippen LogP contribution in [0.5, 0.6) is 0 Å². The Labute approximate surface area is 101 Å². The van der Waals surface area contributed by atoms with Gasteiger partial charge in [0.25, 0.3) is 0 Å². The van der Waals surface area contributed by atoms with Gasteiger partial charge in [0.15, 0.2) is 0 Å². The van der Waals surface area contributed by atoms with Crippen LogP contribution >= 0.6 is 0 Å². The van der Waals surface area contributed by atoms with E-state index in [0.29, 0.717) is 5.41 Å². The van der Waals surface area contributed by atoms with Crippen molar-refractivity contribution in [3.05, 3.63) is 0 Å². The molecule has 2 nitrogen and oxygen atoms in total. The van der Waals surface area contributed by atoms with Crippen LogP contribution in [0.3, 0.4) is 0 Å². The number of likely N-dealkylation sites (tertiary alicyclic amines) is 1. The van der Waals surface area contributed by atoms with E-state index in [0.717, 1.165) is 18.5 Å². The van der Waals surface area contributed by atoms with E-state index in [1.54, 1.807) is 0 Å². The van der Waals surface area contributed by atoms with Gasteiger partial charge < -0.3 is 10.2 Å². The molecule has 0 aromatic rings. The van der Waals surface area contributed by atoms with Crippen LogP contribution in [0, 0.1) is 11.3 Å². The van der Waals surface area contributed by atoms with Crippen LogP contribution in [0.1, 0.15) is 46.5 Å². The molecule has 2 fully saturated rings. The zero-order chi connectivity index (χ0) is 11.6. The van der Waals surface area contributed by atoms with Gasteiger partial charge in [0, 0.05) is 19.1 Å². The highest BCUT2D eigenvalue weighted by Crippen LogP contribution is 2.32. The molecule has 0 amide bonds. The Morgan fingerprint density at radius 1 is 1.31 bits per heavy atom. The molecule has 1 saturated heterocycles. The van der Waals surface area contributed by atoms with Crippen molar-refractivity contribution >= 4 is 0 Å². The molecule has 1 saturated carbocycles. The second-order valence-electron chi connectivity index (χ2n) is 6.50. The maximum atomic E-state index is 3.66. The molecule has 2 rings (SSSR count). The topological polar surface area (TPSA) is 15.3 Å². The van der Waals surface area contributed by atoms with Gasteiger partial charge >= 0.3 is 0 Å². The van der Waals surface area contributed by atoms with E-state index in [-0.39, 0.29) is 0 Å². The van der Waals surface area contributed by atoms with Gasteiger partial charge in [-0.3, -0.25) is 0 Å². The van der Waals surface area contributed by atoms with Crippen molar-refractivity contribution in [3.63, 3.8) is 0 Å². The number of rotatable bonds is 4. The summed E-state index contributed by atoms with van der Waals surface area (Å²) >= 11 is 0. The quantitative estimate of drug-likeness (QED) is 0.789. The molecule has 0 radical (unpaired) electrons. The van der Waals surface area contributed by atoms with Crippen LogP contribution < -0.4 is 5.32 Å². The molecule has 2 aliphatic rings. The number of hydrogen-bond donors (Lipinski definition) is 1. The van der Waals surface area contributed by atoms with Crippen molar-refractivity contribution in [1.82, 2.24) is 10.2 Å². The van der Waals surface area contributed by atoms with Gasteiger partial charge in [-0.05, 0) is 43.7 Å². The van der Waals surface area contributed by atoms with Gasteiger partial charge in [0.1, 0.15) is 0 Å². The Hall–Kier alpha value is -0.0800. The molecule has 1 aliphatic heterocycles. The van der Waals surface area contributed by atoms with Gasteiger partial charge in [-0.1, -0.05) is 27.2 Å². The monoisotopic (exact) mass is 224 g/mol. The second kappa shape index (κ2) is 5.05. The fourth-order valence-electron chi connectivity index (χ4n) is 3.50. The van der Waals surface area contributed by atoms with Gasteiger partial charge in [0.2, 0.25) is 0 Å². The SMILES string of the molecule is CCNC1CCCC1CN1CCC(C)(C)C1. The Bertz CT molecular complexity index is 225. The minimum absolute atomic E-state index is 0.562. The molecule has 1 N–H and O–H groups in total. The van der Waals surface area contributed by atoms with E-state index in [4.69, 9.17) is 0 Å². The van der Waals surface area contributed by atoms with Crippen molar-refractivity contribution < 1.29 is 0 Å². The van der Waals surface area contributed by atoms with Crippen LogP contribution in [0.4, 0.5) is 0 Å². The summed E-state index contributed by atoms with van der Waals surface area (Å²) in [4.78, 5) is 2.69. The first-order valence-corrected chi connectivity index (χ1v) is 7.06. The van der Waals surface area contributed by atoms with Gasteiger partial charge in [-0.2, -0.15) is 0 Å². The summed E-state index contributed by atoms with van der Waals surface area (Å²) in [6.07, 6.45) is 5.65. The van der Waals surface area contributed by atoms with Crippen molar-refractivity contribution in [3.8, 4) is 0 Å². The molecular weight excluding hydrogens is 196 g/mol. The number of hydrogen-bond acceptors (Lipinski definition) is 2. The first kappa shape index (κ1) is 12.4. The zero-order valence-electron chi connectivity index (χ0n) is 11.3. The Morgan fingerprint density at radius 3 is 2.75 bits per heavy atom. The molecule has 2 atom stereocenters. The highest BCUT2D eigenvalue weighted by atomic mass is 15.2. The first-order chi connectivity index (χ1) is 7.61. The minimum Gasteiger partial charge on any atom is -0.314 e. The smallest absolute Gasteiger partial charge is 0.0107 e. The molecule has 0 aromatic carbocycles. The first-order valence-electron chi connectivity index (χ1n) is 7.06. The summed E-state index contributed by atoms with van der Waals surface area (Å²) in [7, 11) is 0. The lowest BCUT2D eigenvalue weighted by Gasteiger charge is -2.26. The van der Waals surface area contributed by atoms with E-state index in [9.17, 15) is 0 Å². The van der Waals surface area contributed by atoms with Crippen LogP contribution in [-0.4, -0.2) is 37.1 Å². The van der Waals surface area contributed by atoms with Crippen LogP contribution in [0.2, 0.25) is 0 Å². The highest BCUT2D eigenvalue weighted by molar-refractivity contribution is 4.89. The summed E-state index contributed by atoms with van der Waals surface area (Å²) in [6.45, 7) is 12.1. The standard InChI is InChI=1S/C14H28N2/c1-4-15-13-7-5-6-12(13)10-16-9-8-14(2,3)11-16/h12-13,15H,4-11H2,1-3H3. The van der Waals surface area contributed by atoms with Crippen LogP contribution in [0.25, 0.3) is 0 Å². The predicted octanol–water partition coefficient (Wildman–Crippen LogP) is 2.50. The normalized spacial score (nSPS) is 34.7. The average molecular weight is 224 g/mol. The summed E-state index contributed by atoms with van der Waals surface area (Å²) in [5.41, 5.74) is 0.562. The van der Waals surface area contributed by atoms with Gasteiger partial charge in [-0.25, -0.2) is 0 Å². The summed E-state index contributed by atoms with van der Waals surface area (Å²) in [5.74, 6) is 0.911. The molecule has 1 heterocycles. The predicted molar refractivity (Wildman–Crippen MR) is 69.6 cm³/mol. The third-order valence-electron chi connectivity index (χ3n) is 4.37. The number of nitrogens with zero attached hydrogens (tertiary/aromatic N) is 1. The Morgan fingerprint density at radius 2 is 2.12 bits per heavy atom. The van der Waals surface area contributed by atoms with E-state index in [1.807, 2.05) is 0 Å². The van der Waals surface area contributed by atoms with Crippen molar-refractivity contribution in [2.24, 2.45) is 11.3 Å². The highest BCUT2D eigenvalue weighted by Gasteiger charge is 2.33. The fourth-order valence-corrected chi connectivity index (χ4v) is 3.50. The van der Waals surface area contributed by atoms with E-state index in [1.165, 1.54) is 45.3 Å². The molecule has 1 aliphatic carbocycles. The molecular formula is C14H28N2. The van der Waals surface area contributed by atoms with Crippen LogP contribution in [-0.2, 0) is 0 Å². The lowest BCUT2D eigenvalue weighted by Crippen LogP contribution is -2.39. The second-order valence-corrected chi connectivity index (χ2v) is 6.50. The molecule has 16 heavy (non-hydrogen) atoms. The largest absolute Gasteiger partial charge is 0.314 e. The number of nitrogens with one attached hydrogen (secondary N) is 1.